The summed E-state index contributed by atoms with van der Waals surface area (Å²) in [6.07, 6.45) is 3.37. The molecular weight excluding hydrogens is 422 g/mol. The van der Waals surface area contributed by atoms with Crippen molar-refractivity contribution in [2.45, 2.75) is 13.8 Å². The third-order valence-electron chi connectivity index (χ3n) is 4.25. The number of carbonyl (C=O) groups is 2. The monoisotopic (exact) mass is 441 g/mol. The highest BCUT2D eigenvalue weighted by atomic mass is 79.9. The van der Waals surface area contributed by atoms with Crippen molar-refractivity contribution >= 4 is 38.7 Å². The molecule has 1 amide bonds. The molecule has 28 heavy (non-hydrogen) atoms. The van der Waals surface area contributed by atoms with Crippen LogP contribution in [0, 0.1) is 5.92 Å². The molecule has 6 nitrogen and oxygen atoms in total. The van der Waals surface area contributed by atoms with E-state index in [0.29, 0.717) is 23.4 Å². The Balaban J connectivity index is 1.95. The van der Waals surface area contributed by atoms with Crippen LogP contribution in [-0.2, 0) is 9.53 Å². The second-order valence-corrected chi connectivity index (χ2v) is 7.23. The normalized spacial score (nSPS) is 11.8. The van der Waals surface area contributed by atoms with E-state index in [1.54, 1.807) is 32.3 Å². The molecule has 1 unspecified atom stereocenters. The zero-order valence-electron chi connectivity index (χ0n) is 15.6. The van der Waals surface area contributed by atoms with Crippen LogP contribution in [0.25, 0.3) is 22.2 Å². The summed E-state index contributed by atoms with van der Waals surface area (Å²) in [7, 11) is 0. The average molecular weight is 442 g/mol. The van der Waals surface area contributed by atoms with Gasteiger partial charge in [0.25, 0.3) is 5.91 Å². The van der Waals surface area contributed by atoms with Gasteiger partial charge in [-0.05, 0) is 43.3 Å². The maximum absolute atomic E-state index is 12.9. The Morgan fingerprint density at radius 3 is 2.64 bits per heavy atom. The molecule has 0 fully saturated rings. The van der Waals surface area contributed by atoms with E-state index in [1.807, 2.05) is 30.3 Å². The molecule has 1 aromatic carbocycles. The van der Waals surface area contributed by atoms with Gasteiger partial charge in [0.05, 0.1) is 29.3 Å². The van der Waals surface area contributed by atoms with E-state index >= 15 is 0 Å². The Labute approximate surface area is 171 Å². The van der Waals surface area contributed by atoms with E-state index in [-0.39, 0.29) is 18.4 Å². The quantitative estimate of drug-likeness (QED) is 0.584. The first kappa shape index (κ1) is 19.9. The molecule has 7 heteroatoms. The van der Waals surface area contributed by atoms with Gasteiger partial charge in [-0.3, -0.25) is 14.6 Å². The topological polar surface area (TPSA) is 81.2 Å². The highest BCUT2D eigenvalue weighted by Gasteiger charge is 2.18. The van der Waals surface area contributed by atoms with Gasteiger partial charge >= 0.3 is 5.97 Å². The van der Waals surface area contributed by atoms with Crippen LogP contribution in [-0.4, -0.2) is 35.0 Å². The minimum Gasteiger partial charge on any atom is -0.466 e. The number of aromatic nitrogens is 2. The van der Waals surface area contributed by atoms with E-state index in [4.69, 9.17) is 4.74 Å². The summed E-state index contributed by atoms with van der Waals surface area (Å²) in [5.74, 6) is -1.03. The number of fused-ring (bicyclic) bond motifs is 1. The number of pyridine rings is 2. The van der Waals surface area contributed by atoms with Gasteiger partial charge in [-0.2, -0.15) is 0 Å². The van der Waals surface area contributed by atoms with Crippen molar-refractivity contribution in [3.8, 4) is 11.3 Å². The highest BCUT2D eigenvalue weighted by molar-refractivity contribution is 9.10. The summed E-state index contributed by atoms with van der Waals surface area (Å²) >= 11 is 3.45. The minimum atomic E-state index is -0.427. The highest BCUT2D eigenvalue weighted by Crippen LogP contribution is 2.27. The minimum absolute atomic E-state index is 0.195. The van der Waals surface area contributed by atoms with Gasteiger partial charge in [0.1, 0.15) is 0 Å². The number of carbonyl (C=O) groups excluding carboxylic acids is 2. The number of nitrogens with zero attached hydrogens (tertiary/aromatic N) is 2. The summed E-state index contributed by atoms with van der Waals surface area (Å²) in [5.41, 5.74) is 2.75. The Kier molecular flexibility index (Phi) is 6.36. The summed E-state index contributed by atoms with van der Waals surface area (Å²) in [6, 6.07) is 11.1. The number of amides is 1. The number of benzene rings is 1. The van der Waals surface area contributed by atoms with Crippen LogP contribution in [0.2, 0.25) is 0 Å². The van der Waals surface area contributed by atoms with Crippen molar-refractivity contribution in [2.75, 3.05) is 13.2 Å². The molecule has 3 aromatic rings. The van der Waals surface area contributed by atoms with E-state index in [2.05, 4.69) is 31.2 Å². The van der Waals surface area contributed by atoms with Crippen LogP contribution in [0.1, 0.15) is 24.2 Å². The third kappa shape index (κ3) is 4.54. The molecule has 0 saturated carbocycles. The molecule has 2 heterocycles. The molecule has 0 saturated heterocycles. The third-order valence-corrected chi connectivity index (χ3v) is 4.74. The number of esters is 1. The van der Waals surface area contributed by atoms with Crippen molar-refractivity contribution in [1.82, 2.24) is 15.3 Å². The fourth-order valence-electron chi connectivity index (χ4n) is 2.77. The van der Waals surface area contributed by atoms with Crippen molar-refractivity contribution in [3.05, 3.63) is 58.8 Å². The standard InChI is InChI=1S/C21H20BrN3O3/c1-3-28-21(27)13(2)12-24-20(26)17-11-19(14-6-8-23-9-7-14)25-18-5-4-15(22)10-16(17)18/h4-11,13H,3,12H2,1-2H3,(H,24,26). The largest absolute Gasteiger partial charge is 0.466 e. The maximum Gasteiger partial charge on any atom is 0.310 e. The molecule has 0 spiro atoms. The molecule has 1 atom stereocenters. The molecule has 0 bridgehead atoms. The number of nitrogens with one attached hydrogen (secondary N) is 1. The number of ether oxygens (including phenoxy) is 1. The molecule has 2 aromatic heterocycles. The van der Waals surface area contributed by atoms with Gasteiger partial charge < -0.3 is 10.1 Å². The molecule has 144 valence electrons. The summed E-state index contributed by atoms with van der Waals surface area (Å²) in [6.45, 7) is 3.99. The number of hydrogen-bond acceptors (Lipinski definition) is 5. The zero-order chi connectivity index (χ0) is 20.1. The summed E-state index contributed by atoms with van der Waals surface area (Å²) in [5, 5.41) is 3.56. The molecule has 0 aliphatic carbocycles. The van der Waals surface area contributed by atoms with Gasteiger partial charge in [0, 0.05) is 34.4 Å². The smallest absolute Gasteiger partial charge is 0.310 e. The van der Waals surface area contributed by atoms with Crippen LogP contribution in [0.5, 0.6) is 0 Å². The maximum atomic E-state index is 12.9. The van der Waals surface area contributed by atoms with Crippen molar-refractivity contribution in [3.63, 3.8) is 0 Å². The number of hydrogen-bond donors (Lipinski definition) is 1. The van der Waals surface area contributed by atoms with Gasteiger partial charge in [-0.15, -0.1) is 0 Å². The summed E-state index contributed by atoms with van der Waals surface area (Å²) in [4.78, 5) is 33.4. The molecule has 0 aliphatic rings. The Morgan fingerprint density at radius 2 is 1.93 bits per heavy atom. The van der Waals surface area contributed by atoms with Crippen LogP contribution in [0.3, 0.4) is 0 Å². The summed E-state index contributed by atoms with van der Waals surface area (Å²) < 4.78 is 5.85. The fraction of sp³-hybridized carbons (Fsp3) is 0.238. The van der Waals surface area contributed by atoms with Gasteiger partial charge in [-0.1, -0.05) is 22.9 Å². The van der Waals surface area contributed by atoms with E-state index in [9.17, 15) is 9.59 Å². The lowest BCUT2D eigenvalue weighted by atomic mass is 10.0. The van der Waals surface area contributed by atoms with Gasteiger partial charge in [0.15, 0.2) is 0 Å². The lowest BCUT2D eigenvalue weighted by molar-refractivity contribution is -0.147. The van der Waals surface area contributed by atoms with Crippen LogP contribution < -0.4 is 5.32 Å². The first-order valence-electron chi connectivity index (χ1n) is 8.95. The average Bonchev–Trinajstić information content (AvgIpc) is 2.71. The fourth-order valence-corrected chi connectivity index (χ4v) is 3.13. The number of halogens is 1. The van der Waals surface area contributed by atoms with Crippen LogP contribution in [0.4, 0.5) is 0 Å². The second kappa shape index (κ2) is 8.93. The van der Waals surface area contributed by atoms with Crippen molar-refractivity contribution in [1.29, 1.82) is 0 Å². The second-order valence-electron chi connectivity index (χ2n) is 6.32. The lowest BCUT2D eigenvalue weighted by Crippen LogP contribution is -2.32. The zero-order valence-corrected chi connectivity index (χ0v) is 17.2. The molecule has 0 aliphatic heterocycles. The van der Waals surface area contributed by atoms with Gasteiger partial charge in [0.2, 0.25) is 0 Å². The van der Waals surface area contributed by atoms with Gasteiger partial charge in [-0.25, -0.2) is 4.98 Å². The molecule has 3 rings (SSSR count). The van der Waals surface area contributed by atoms with E-state index < -0.39 is 5.92 Å². The predicted molar refractivity (Wildman–Crippen MR) is 111 cm³/mol. The van der Waals surface area contributed by atoms with Crippen molar-refractivity contribution < 1.29 is 14.3 Å². The Hall–Kier alpha value is -2.80. The molecular formula is C21H20BrN3O3. The molecule has 0 radical (unpaired) electrons. The van der Waals surface area contributed by atoms with E-state index in [1.165, 1.54) is 0 Å². The lowest BCUT2D eigenvalue weighted by Gasteiger charge is -2.14. The van der Waals surface area contributed by atoms with Crippen LogP contribution in [0.15, 0.2) is 53.3 Å². The Bertz CT molecular complexity index is 1010. The van der Waals surface area contributed by atoms with E-state index in [0.717, 1.165) is 15.4 Å². The number of rotatable bonds is 6. The Morgan fingerprint density at radius 1 is 1.18 bits per heavy atom. The predicted octanol–water partition coefficient (Wildman–Crippen LogP) is 3.99. The van der Waals surface area contributed by atoms with Crippen molar-refractivity contribution in [2.24, 2.45) is 5.92 Å². The SMILES string of the molecule is CCOC(=O)C(C)CNC(=O)c1cc(-c2ccncc2)nc2ccc(Br)cc12. The first-order valence-corrected chi connectivity index (χ1v) is 9.74. The first-order chi connectivity index (χ1) is 13.5. The van der Waals surface area contributed by atoms with Crippen LogP contribution >= 0.6 is 15.9 Å². The molecule has 1 N–H and O–H groups in total.